The molecular formula is C18H17FN4O3S. The van der Waals surface area contributed by atoms with Gasteiger partial charge in [0.2, 0.25) is 5.43 Å². The number of thiazole rings is 1. The zero-order valence-corrected chi connectivity index (χ0v) is 15.1. The number of nitrogens with zero attached hydrogens (tertiary/aromatic N) is 3. The Morgan fingerprint density at radius 1 is 1.33 bits per heavy atom. The van der Waals surface area contributed by atoms with E-state index in [0.717, 1.165) is 24.8 Å². The summed E-state index contributed by atoms with van der Waals surface area (Å²) in [6.07, 6.45) is 1.31. The third kappa shape index (κ3) is 3.31. The summed E-state index contributed by atoms with van der Waals surface area (Å²) >= 11 is 1.43. The molecule has 2 aromatic heterocycles. The summed E-state index contributed by atoms with van der Waals surface area (Å²) in [6.45, 7) is 3.12. The van der Waals surface area contributed by atoms with Crippen molar-refractivity contribution in [3.05, 3.63) is 56.5 Å². The van der Waals surface area contributed by atoms with Gasteiger partial charge in [-0.3, -0.25) is 4.79 Å². The van der Waals surface area contributed by atoms with Crippen molar-refractivity contribution < 1.29 is 14.3 Å². The number of benzene rings is 1. The number of fused-ring (bicyclic) bond motifs is 1. The number of nitrogens with one attached hydrogen (secondary N) is 1. The molecule has 9 heteroatoms. The van der Waals surface area contributed by atoms with Crippen LogP contribution in [0.2, 0.25) is 0 Å². The van der Waals surface area contributed by atoms with Crippen LogP contribution < -0.4 is 15.6 Å². The predicted octanol–water partition coefficient (Wildman–Crippen LogP) is 1.75. The Hall–Kier alpha value is -2.78. The Bertz CT molecular complexity index is 1060. The molecule has 1 aliphatic heterocycles. The van der Waals surface area contributed by atoms with Gasteiger partial charge in [0.05, 0.1) is 29.0 Å². The molecule has 2 N–H and O–H groups in total. The van der Waals surface area contributed by atoms with Gasteiger partial charge >= 0.3 is 5.97 Å². The molecule has 140 valence electrons. The number of aromatic carboxylic acids is 1. The lowest BCUT2D eigenvalue weighted by molar-refractivity contribution is 0.0695. The molecule has 4 rings (SSSR count). The van der Waals surface area contributed by atoms with Gasteiger partial charge < -0.3 is 19.9 Å². The number of halogens is 1. The minimum absolute atomic E-state index is 0.0570. The number of aromatic nitrogens is 2. The highest BCUT2D eigenvalue weighted by Crippen LogP contribution is 2.26. The number of carboxylic acid groups (broad SMARTS) is 1. The lowest BCUT2D eigenvalue weighted by Gasteiger charge is -2.30. The van der Waals surface area contributed by atoms with Gasteiger partial charge in [0, 0.05) is 43.1 Å². The van der Waals surface area contributed by atoms with E-state index in [-0.39, 0.29) is 10.9 Å². The number of anilines is 1. The summed E-state index contributed by atoms with van der Waals surface area (Å²) in [7, 11) is 0. The van der Waals surface area contributed by atoms with Crippen molar-refractivity contribution in [2.24, 2.45) is 0 Å². The SMILES string of the molecule is O=C(O)c1cn(Cc2cscn2)c2cc(N3CCNCC3)c(F)cc2c1=O. The van der Waals surface area contributed by atoms with Gasteiger partial charge in [0.15, 0.2) is 0 Å². The maximum Gasteiger partial charge on any atom is 0.341 e. The highest BCUT2D eigenvalue weighted by molar-refractivity contribution is 7.07. The molecule has 1 fully saturated rings. The van der Waals surface area contributed by atoms with E-state index in [1.165, 1.54) is 17.5 Å². The number of hydrogen-bond acceptors (Lipinski definition) is 6. The second-order valence-corrected chi connectivity index (χ2v) is 7.06. The number of hydrogen-bond donors (Lipinski definition) is 2. The van der Waals surface area contributed by atoms with Gasteiger partial charge in [0.25, 0.3) is 0 Å². The van der Waals surface area contributed by atoms with Gasteiger partial charge in [-0.2, -0.15) is 0 Å². The number of rotatable bonds is 4. The molecule has 0 unspecified atom stereocenters. The Morgan fingerprint density at radius 2 is 2.11 bits per heavy atom. The highest BCUT2D eigenvalue weighted by atomic mass is 32.1. The van der Waals surface area contributed by atoms with Crippen molar-refractivity contribution in [1.82, 2.24) is 14.9 Å². The Kier molecular flexibility index (Phi) is 4.63. The number of carboxylic acids is 1. The molecule has 0 amide bonds. The second-order valence-electron chi connectivity index (χ2n) is 6.34. The minimum Gasteiger partial charge on any atom is -0.477 e. The molecule has 0 saturated carbocycles. The third-order valence-corrected chi connectivity index (χ3v) is 5.29. The Labute approximate surface area is 157 Å². The van der Waals surface area contributed by atoms with Gasteiger partial charge in [-0.05, 0) is 12.1 Å². The zero-order valence-electron chi connectivity index (χ0n) is 14.3. The number of pyridine rings is 1. The highest BCUT2D eigenvalue weighted by Gasteiger charge is 2.20. The van der Waals surface area contributed by atoms with Crippen LogP contribution >= 0.6 is 11.3 Å². The fourth-order valence-electron chi connectivity index (χ4n) is 3.32. The van der Waals surface area contributed by atoms with E-state index in [9.17, 15) is 19.1 Å². The van der Waals surface area contributed by atoms with Crippen molar-refractivity contribution in [3.63, 3.8) is 0 Å². The molecule has 1 saturated heterocycles. The van der Waals surface area contributed by atoms with Crippen molar-refractivity contribution in [3.8, 4) is 0 Å². The zero-order chi connectivity index (χ0) is 19.0. The normalized spacial score (nSPS) is 14.6. The lowest BCUT2D eigenvalue weighted by Crippen LogP contribution is -2.43. The second kappa shape index (κ2) is 7.09. The number of piperazine rings is 1. The molecule has 3 aromatic rings. The molecule has 7 nitrogen and oxygen atoms in total. The van der Waals surface area contributed by atoms with E-state index in [4.69, 9.17) is 0 Å². The summed E-state index contributed by atoms with van der Waals surface area (Å²) < 4.78 is 16.4. The van der Waals surface area contributed by atoms with Crippen molar-refractivity contribution in [2.45, 2.75) is 6.54 Å². The molecule has 27 heavy (non-hydrogen) atoms. The largest absolute Gasteiger partial charge is 0.477 e. The predicted molar refractivity (Wildman–Crippen MR) is 101 cm³/mol. The molecule has 0 spiro atoms. The summed E-state index contributed by atoms with van der Waals surface area (Å²) in [5.41, 5.74) is 2.27. The van der Waals surface area contributed by atoms with Crippen LogP contribution in [-0.2, 0) is 6.54 Å². The maximum atomic E-state index is 14.8. The van der Waals surface area contributed by atoms with Gasteiger partial charge in [-0.15, -0.1) is 11.3 Å². The first-order chi connectivity index (χ1) is 13.0. The average molecular weight is 388 g/mol. The summed E-state index contributed by atoms with van der Waals surface area (Å²) in [5.74, 6) is -1.86. The first kappa shape index (κ1) is 17.6. The van der Waals surface area contributed by atoms with Crippen molar-refractivity contribution >= 4 is 33.9 Å². The van der Waals surface area contributed by atoms with Crippen LogP contribution in [0.25, 0.3) is 10.9 Å². The third-order valence-electron chi connectivity index (χ3n) is 4.65. The Balaban J connectivity index is 1.93. The molecule has 1 aromatic carbocycles. The number of carbonyl (C=O) groups is 1. The van der Waals surface area contributed by atoms with E-state index < -0.39 is 17.2 Å². The van der Waals surface area contributed by atoms with E-state index >= 15 is 0 Å². The minimum atomic E-state index is -1.33. The van der Waals surface area contributed by atoms with E-state index in [2.05, 4.69) is 10.3 Å². The fraction of sp³-hybridized carbons (Fsp3) is 0.278. The van der Waals surface area contributed by atoms with Crippen LogP contribution in [-0.4, -0.2) is 46.8 Å². The van der Waals surface area contributed by atoms with E-state index in [0.29, 0.717) is 30.8 Å². The summed E-state index contributed by atoms with van der Waals surface area (Å²) in [6, 6.07) is 2.79. The van der Waals surface area contributed by atoms with Crippen LogP contribution in [0.3, 0.4) is 0 Å². The molecule has 1 aliphatic rings. The fourth-order valence-corrected chi connectivity index (χ4v) is 3.87. The van der Waals surface area contributed by atoms with E-state index in [1.54, 1.807) is 16.1 Å². The van der Waals surface area contributed by atoms with Crippen molar-refractivity contribution in [1.29, 1.82) is 0 Å². The van der Waals surface area contributed by atoms with Gasteiger partial charge in [0.1, 0.15) is 11.4 Å². The van der Waals surface area contributed by atoms with E-state index in [1.807, 2.05) is 10.3 Å². The smallest absolute Gasteiger partial charge is 0.341 e. The van der Waals surface area contributed by atoms with Crippen LogP contribution in [0.5, 0.6) is 0 Å². The molecule has 0 radical (unpaired) electrons. The standard InChI is InChI=1S/C18H17FN4O3S/c19-14-5-12-15(6-16(14)22-3-1-20-2-4-22)23(7-11-9-27-10-21-11)8-13(17(12)24)18(25)26/h5-6,8-10,20H,1-4,7H2,(H,25,26). The summed E-state index contributed by atoms with van der Waals surface area (Å²) in [4.78, 5) is 30.2. The maximum absolute atomic E-state index is 14.8. The van der Waals surface area contributed by atoms with Crippen LogP contribution in [0.4, 0.5) is 10.1 Å². The first-order valence-corrected chi connectivity index (χ1v) is 9.41. The molecule has 0 bridgehead atoms. The Morgan fingerprint density at radius 3 is 2.78 bits per heavy atom. The monoisotopic (exact) mass is 388 g/mol. The van der Waals surface area contributed by atoms with Crippen molar-refractivity contribution in [2.75, 3.05) is 31.1 Å². The topological polar surface area (TPSA) is 87.5 Å². The average Bonchev–Trinajstić information content (AvgIpc) is 3.17. The molecule has 3 heterocycles. The van der Waals surface area contributed by atoms with Crippen LogP contribution in [0, 0.1) is 5.82 Å². The molecular weight excluding hydrogens is 371 g/mol. The lowest BCUT2D eigenvalue weighted by atomic mass is 10.1. The quantitative estimate of drug-likeness (QED) is 0.708. The van der Waals surface area contributed by atoms with Crippen LogP contribution in [0.15, 0.2) is 34.0 Å². The van der Waals surface area contributed by atoms with Gasteiger partial charge in [-0.1, -0.05) is 0 Å². The summed E-state index contributed by atoms with van der Waals surface area (Å²) in [5, 5.41) is 14.5. The van der Waals surface area contributed by atoms with Crippen LogP contribution in [0.1, 0.15) is 16.1 Å². The first-order valence-electron chi connectivity index (χ1n) is 8.47. The molecule has 0 atom stereocenters. The van der Waals surface area contributed by atoms with Gasteiger partial charge in [-0.25, -0.2) is 14.2 Å². The molecule has 0 aliphatic carbocycles.